The minimum absolute atomic E-state index is 0.0508. The minimum atomic E-state index is -0.497. The minimum Gasteiger partial charge on any atom is -0.368 e. The molecule has 1 aromatic rings. The second-order valence-electron chi connectivity index (χ2n) is 6.12. The molecule has 1 aromatic heterocycles. The maximum absolute atomic E-state index is 11.5. The van der Waals surface area contributed by atoms with Crippen molar-refractivity contribution in [3.63, 3.8) is 0 Å². The number of hydrazine groups is 1. The first-order chi connectivity index (χ1) is 9.15. The normalized spacial score (nSPS) is 13.2. The molecule has 0 aromatic carbocycles. The van der Waals surface area contributed by atoms with Gasteiger partial charge in [-0.3, -0.25) is 4.79 Å². The molecular formula is C13H24N6O. The van der Waals surface area contributed by atoms with Crippen LogP contribution < -0.4 is 22.3 Å². The molecule has 112 valence electrons. The van der Waals surface area contributed by atoms with Crippen molar-refractivity contribution in [2.24, 2.45) is 17.5 Å². The van der Waals surface area contributed by atoms with Crippen molar-refractivity contribution in [1.82, 2.24) is 9.97 Å². The van der Waals surface area contributed by atoms with E-state index < -0.39 is 11.9 Å². The Morgan fingerprint density at radius 3 is 2.20 bits per heavy atom. The predicted molar refractivity (Wildman–Crippen MR) is 80.0 cm³/mol. The summed E-state index contributed by atoms with van der Waals surface area (Å²) in [4.78, 5) is 20.2. The molecule has 0 aliphatic carbocycles. The van der Waals surface area contributed by atoms with E-state index in [-0.39, 0.29) is 11.3 Å². The number of anilines is 2. The number of hydrogen-bond acceptors (Lipinski definition) is 6. The van der Waals surface area contributed by atoms with E-state index in [0.717, 1.165) is 0 Å². The standard InChI is InChI=1S/C13H24N6O/c1-7(2)10(11(14)20)16-8-6-9(19-15)18-12(17-8)13(3,4)5/h6-7,10H,15H2,1-5H3,(H2,14,20)(H2,16,17,18,19). The van der Waals surface area contributed by atoms with Gasteiger partial charge in [-0.05, 0) is 5.92 Å². The van der Waals surface area contributed by atoms with Crippen LogP contribution in [0.15, 0.2) is 6.07 Å². The summed E-state index contributed by atoms with van der Waals surface area (Å²) in [6.07, 6.45) is 0. The lowest BCUT2D eigenvalue weighted by molar-refractivity contribution is -0.119. The molecule has 0 aliphatic heterocycles. The summed E-state index contributed by atoms with van der Waals surface area (Å²) in [5.41, 5.74) is 7.67. The van der Waals surface area contributed by atoms with Crippen LogP contribution in [-0.2, 0) is 10.2 Å². The summed E-state index contributed by atoms with van der Waals surface area (Å²) >= 11 is 0. The monoisotopic (exact) mass is 280 g/mol. The Morgan fingerprint density at radius 1 is 1.25 bits per heavy atom. The molecule has 1 amide bonds. The van der Waals surface area contributed by atoms with Crippen LogP contribution in [0.4, 0.5) is 11.6 Å². The summed E-state index contributed by atoms with van der Waals surface area (Å²) in [5.74, 6) is 6.69. The van der Waals surface area contributed by atoms with Gasteiger partial charge in [0.05, 0.1) is 0 Å². The molecular weight excluding hydrogens is 256 g/mol. The van der Waals surface area contributed by atoms with Crippen LogP contribution in [0, 0.1) is 5.92 Å². The van der Waals surface area contributed by atoms with Crippen LogP contribution >= 0.6 is 0 Å². The van der Waals surface area contributed by atoms with Gasteiger partial charge < -0.3 is 16.5 Å². The summed E-state index contributed by atoms with van der Waals surface area (Å²) < 4.78 is 0. The zero-order valence-corrected chi connectivity index (χ0v) is 12.7. The molecule has 1 unspecified atom stereocenters. The van der Waals surface area contributed by atoms with Crippen LogP contribution in [0.2, 0.25) is 0 Å². The van der Waals surface area contributed by atoms with E-state index in [1.165, 1.54) is 0 Å². The highest BCUT2D eigenvalue weighted by Crippen LogP contribution is 2.22. The second-order valence-corrected chi connectivity index (χ2v) is 6.12. The number of nitrogens with zero attached hydrogens (tertiary/aromatic N) is 2. The molecule has 0 spiro atoms. The molecule has 0 radical (unpaired) electrons. The number of nitrogens with two attached hydrogens (primary N) is 2. The Labute approximate surface area is 119 Å². The smallest absolute Gasteiger partial charge is 0.240 e. The van der Waals surface area contributed by atoms with Gasteiger partial charge in [-0.25, -0.2) is 15.8 Å². The highest BCUT2D eigenvalue weighted by Gasteiger charge is 2.23. The van der Waals surface area contributed by atoms with E-state index in [0.29, 0.717) is 17.5 Å². The first-order valence-corrected chi connectivity index (χ1v) is 6.57. The lowest BCUT2D eigenvalue weighted by atomic mass is 9.95. The fourth-order valence-electron chi connectivity index (χ4n) is 1.66. The number of hydrogen-bond donors (Lipinski definition) is 4. The number of rotatable bonds is 5. The third kappa shape index (κ3) is 4.06. The topological polar surface area (TPSA) is 119 Å². The van der Waals surface area contributed by atoms with Gasteiger partial charge in [-0.1, -0.05) is 34.6 Å². The van der Waals surface area contributed by atoms with E-state index in [1.54, 1.807) is 6.07 Å². The number of amides is 1. The molecule has 0 fully saturated rings. The van der Waals surface area contributed by atoms with Crippen molar-refractivity contribution < 1.29 is 4.79 Å². The third-order valence-corrected chi connectivity index (χ3v) is 2.82. The summed E-state index contributed by atoms with van der Waals surface area (Å²) in [7, 11) is 0. The van der Waals surface area contributed by atoms with Crippen molar-refractivity contribution in [3.8, 4) is 0 Å². The summed E-state index contributed by atoms with van der Waals surface area (Å²) in [5, 5.41) is 3.04. The fraction of sp³-hybridized carbons (Fsp3) is 0.615. The Morgan fingerprint density at radius 2 is 1.80 bits per heavy atom. The van der Waals surface area contributed by atoms with Crippen molar-refractivity contribution in [1.29, 1.82) is 0 Å². The number of aromatic nitrogens is 2. The lowest BCUT2D eigenvalue weighted by Gasteiger charge is -2.22. The summed E-state index contributed by atoms with van der Waals surface area (Å²) in [6, 6.07) is 1.15. The Hall–Kier alpha value is -1.89. The molecule has 7 nitrogen and oxygen atoms in total. The molecule has 20 heavy (non-hydrogen) atoms. The van der Waals surface area contributed by atoms with Gasteiger partial charge in [0, 0.05) is 11.5 Å². The molecule has 0 aliphatic rings. The van der Waals surface area contributed by atoms with E-state index in [4.69, 9.17) is 11.6 Å². The zero-order chi connectivity index (χ0) is 15.5. The number of carbonyl (C=O) groups excluding carboxylic acids is 1. The zero-order valence-electron chi connectivity index (χ0n) is 12.7. The Kier molecular flexibility index (Phi) is 4.88. The summed E-state index contributed by atoms with van der Waals surface area (Å²) in [6.45, 7) is 9.83. The van der Waals surface area contributed by atoms with Crippen LogP contribution in [0.1, 0.15) is 40.4 Å². The highest BCUT2D eigenvalue weighted by molar-refractivity contribution is 5.83. The van der Waals surface area contributed by atoms with E-state index >= 15 is 0 Å². The van der Waals surface area contributed by atoms with Gasteiger partial charge >= 0.3 is 0 Å². The van der Waals surface area contributed by atoms with Crippen molar-refractivity contribution >= 4 is 17.5 Å². The number of primary amides is 1. The predicted octanol–water partition coefficient (Wildman–Crippen LogP) is 0.982. The molecule has 1 heterocycles. The van der Waals surface area contributed by atoms with Gasteiger partial charge in [0.15, 0.2) is 0 Å². The van der Waals surface area contributed by atoms with Crippen LogP contribution in [0.3, 0.4) is 0 Å². The third-order valence-electron chi connectivity index (χ3n) is 2.82. The SMILES string of the molecule is CC(C)C(Nc1cc(NN)nc(C(C)(C)C)n1)C(N)=O. The van der Waals surface area contributed by atoms with Gasteiger partial charge in [0.1, 0.15) is 23.5 Å². The number of nitrogen functional groups attached to an aromatic ring is 1. The first kappa shape index (κ1) is 16.2. The van der Waals surface area contributed by atoms with Gasteiger partial charge in [-0.15, -0.1) is 0 Å². The highest BCUT2D eigenvalue weighted by atomic mass is 16.1. The fourth-order valence-corrected chi connectivity index (χ4v) is 1.66. The van der Waals surface area contributed by atoms with Crippen molar-refractivity contribution in [2.75, 3.05) is 10.7 Å². The molecule has 7 heteroatoms. The second kappa shape index (κ2) is 6.04. The van der Waals surface area contributed by atoms with Crippen LogP contribution in [-0.4, -0.2) is 21.9 Å². The average molecular weight is 280 g/mol. The van der Waals surface area contributed by atoms with E-state index in [1.807, 2.05) is 34.6 Å². The quantitative estimate of drug-likeness (QED) is 0.471. The Bertz CT molecular complexity index is 480. The Balaban J connectivity index is 3.14. The maximum Gasteiger partial charge on any atom is 0.240 e. The lowest BCUT2D eigenvalue weighted by Crippen LogP contribution is -2.40. The van der Waals surface area contributed by atoms with E-state index in [9.17, 15) is 4.79 Å². The molecule has 6 N–H and O–H groups in total. The molecule has 0 saturated carbocycles. The molecule has 1 atom stereocenters. The molecule has 1 rings (SSSR count). The van der Waals surface area contributed by atoms with Crippen LogP contribution in [0.5, 0.6) is 0 Å². The molecule has 0 saturated heterocycles. The number of carbonyl (C=O) groups is 1. The largest absolute Gasteiger partial charge is 0.368 e. The van der Waals surface area contributed by atoms with Crippen molar-refractivity contribution in [2.45, 2.75) is 46.1 Å². The van der Waals surface area contributed by atoms with Gasteiger partial charge in [0.2, 0.25) is 5.91 Å². The van der Waals surface area contributed by atoms with Gasteiger partial charge in [0.25, 0.3) is 0 Å². The molecule has 0 bridgehead atoms. The van der Waals surface area contributed by atoms with Crippen molar-refractivity contribution in [3.05, 3.63) is 11.9 Å². The van der Waals surface area contributed by atoms with Crippen LogP contribution in [0.25, 0.3) is 0 Å². The average Bonchev–Trinajstić information content (AvgIpc) is 2.33. The van der Waals surface area contributed by atoms with E-state index in [2.05, 4.69) is 20.7 Å². The first-order valence-electron chi connectivity index (χ1n) is 6.57. The maximum atomic E-state index is 11.5. The number of nitrogens with one attached hydrogen (secondary N) is 2. The van der Waals surface area contributed by atoms with Gasteiger partial charge in [-0.2, -0.15) is 0 Å².